The van der Waals surface area contributed by atoms with Crippen molar-refractivity contribution in [3.63, 3.8) is 0 Å². The summed E-state index contributed by atoms with van der Waals surface area (Å²) in [5.74, 6) is 0.260. The van der Waals surface area contributed by atoms with Gasteiger partial charge in [-0.15, -0.1) is 0 Å². The number of amides is 1. The molecular formula is C9H18N2O2S. The van der Waals surface area contributed by atoms with Crippen molar-refractivity contribution in [3.05, 3.63) is 0 Å². The number of carbonyl (C=O) groups excluding carboxylic acids is 1. The lowest BCUT2D eigenvalue weighted by molar-refractivity contribution is -0.122. The molecule has 0 saturated carbocycles. The molecule has 4 nitrogen and oxygen atoms in total. The average molecular weight is 218 g/mol. The Kier molecular flexibility index (Phi) is 7.32. The highest BCUT2D eigenvalue weighted by Crippen LogP contribution is 2.00. The van der Waals surface area contributed by atoms with E-state index in [1.54, 1.807) is 7.11 Å². The summed E-state index contributed by atoms with van der Waals surface area (Å²) < 4.78 is 4.93. The van der Waals surface area contributed by atoms with E-state index < -0.39 is 0 Å². The highest BCUT2D eigenvalue weighted by molar-refractivity contribution is 7.80. The molecule has 14 heavy (non-hydrogen) atoms. The maximum atomic E-state index is 11.3. The normalized spacial score (nSPS) is 12.1. The van der Waals surface area contributed by atoms with Crippen LogP contribution in [0.15, 0.2) is 0 Å². The van der Waals surface area contributed by atoms with E-state index in [4.69, 9.17) is 10.5 Å². The molecule has 0 saturated heterocycles. The summed E-state index contributed by atoms with van der Waals surface area (Å²) in [5, 5.41) is 2.74. The number of carbonyl (C=O) groups is 1. The van der Waals surface area contributed by atoms with E-state index >= 15 is 0 Å². The van der Waals surface area contributed by atoms with Crippen molar-refractivity contribution < 1.29 is 9.53 Å². The van der Waals surface area contributed by atoms with Gasteiger partial charge in [-0.3, -0.25) is 4.79 Å². The molecular weight excluding hydrogens is 200 g/mol. The van der Waals surface area contributed by atoms with Crippen molar-refractivity contribution in [2.75, 3.05) is 20.3 Å². The molecule has 0 aromatic rings. The second-order valence-electron chi connectivity index (χ2n) is 3.33. The lowest BCUT2D eigenvalue weighted by Crippen LogP contribution is -2.29. The average Bonchev–Trinajstić information content (AvgIpc) is 2.03. The number of ether oxygens (including phenoxy) is 1. The molecule has 0 rings (SSSR count). The Labute approximate surface area is 90.2 Å². The SMILES string of the molecule is COCC(C)CC(=O)NCCC(N)=S. The van der Waals surface area contributed by atoms with Gasteiger partial charge in [0.15, 0.2) is 0 Å². The molecule has 1 atom stereocenters. The molecule has 0 radical (unpaired) electrons. The predicted molar refractivity (Wildman–Crippen MR) is 60.1 cm³/mol. The fraction of sp³-hybridized carbons (Fsp3) is 0.778. The number of hydrogen-bond donors (Lipinski definition) is 2. The van der Waals surface area contributed by atoms with Crippen LogP contribution in [-0.4, -0.2) is 31.2 Å². The molecule has 0 aromatic heterocycles. The van der Waals surface area contributed by atoms with Gasteiger partial charge in [-0.05, 0) is 5.92 Å². The predicted octanol–water partition coefficient (Wildman–Crippen LogP) is 0.451. The quantitative estimate of drug-likeness (QED) is 0.609. The van der Waals surface area contributed by atoms with Gasteiger partial charge >= 0.3 is 0 Å². The third kappa shape index (κ3) is 7.94. The smallest absolute Gasteiger partial charge is 0.220 e. The number of nitrogens with two attached hydrogens (primary N) is 1. The molecule has 3 N–H and O–H groups in total. The van der Waals surface area contributed by atoms with Crippen LogP contribution >= 0.6 is 12.2 Å². The van der Waals surface area contributed by atoms with Gasteiger partial charge in [0.1, 0.15) is 0 Å². The number of methoxy groups -OCH3 is 1. The summed E-state index contributed by atoms with van der Waals surface area (Å²) in [7, 11) is 1.63. The van der Waals surface area contributed by atoms with Crippen molar-refractivity contribution in [1.29, 1.82) is 0 Å². The molecule has 0 fully saturated rings. The number of hydrogen-bond acceptors (Lipinski definition) is 3. The molecule has 1 amide bonds. The molecule has 1 unspecified atom stereocenters. The van der Waals surface area contributed by atoms with Crippen LogP contribution < -0.4 is 11.1 Å². The first-order valence-electron chi connectivity index (χ1n) is 4.60. The van der Waals surface area contributed by atoms with Crippen LogP contribution in [0.25, 0.3) is 0 Å². The van der Waals surface area contributed by atoms with Crippen LogP contribution in [0.3, 0.4) is 0 Å². The van der Waals surface area contributed by atoms with Gasteiger partial charge in [0.2, 0.25) is 5.91 Å². The minimum Gasteiger partial charge on any atom is -0.393 e. The van der Waals surface area contributed by atoms with Crippen LogP contribution in [0.5, 0.6) is 0 Å². The van der Waals surface area contributed by atoms with Crippen LogP contribution in [-0.2, 0) is 9.53 Å². The summed E-state index contributed by atoms with van der Waals surface area (Å²) in [4.78, 5) is 11.7. The number of thiocarbonyl (C=S) groups is 1. The fourth-order valence-corrected chi connectivity index (χ4v) is 1.16. The Hall–Kier alpha value is -0.680. The Morgan fingerprint density at radius 2 is 2.29 bits per heavy atom. The Bertz CT molecular complexity index is 197. The maximum Gasteiger partial charge on any atom is 0.220 e. The Balaban J connectivity index is 3.50. The van der Waals surface area contributed by atoms with Crippen molar-refractivity contribution in [2.24, 2.45) is 11.7 Å². The van der Waals surface area contributed by atoms with Crippen LogP contribution in [0.2, 0.25) is 0 Å². The lowest BCUT2D eigenvalue weighted by Gasteiger charge is -2.09. The molecule has 0 aliphatic rings. The fourth-order valence-electron chi connectivity index (χ4n) is 1.06. The van der Waals surface area contributed by atoms with Gasteiger partial charge in [0.25, 0.3) is 0 Å². The summed E-state index contributed by atoms with van der Waals surface area (Å²) >= 11 is 4.68. The summed E-state index contributed by atoms with van der Waals surface area (Å²) in [5.41, 5.74) is 5.29. The molecule has 0 aliphatic carbocycles. The van der Waals surface area contributed by atoms with Crippen molar-refractivity contribution in [3.8, 4) is 0 Å². The van der Waals surface area contributed by atoms with Crippen molar-refractivity contribution >= 4 is 23.1 Å². The van der Waals surface area contributed by atoms with E-state index in [2.05, 4.69) is 17.5 Å². The van der Waals surface area contributed by atoms with E-state index in [0.717, 1.165) is 0 Å². The van der Waals surface area contributed by atoms with Gasteiger partial charge in [0, 0.05) is 33.1 Å². The maximum absolute atomic E-state index is 11.3. The van der Waals surface area contributed by atoms with Gasteiger partial charge in [0.05, 0.1) is 4.99 Å². The molecule has 0 bridgehead atoms. The standard InChI is InChI=1S/C9H18N2O2S/c1-7(6-13-2)5-9(12)11-4-3-8(10)14/h7H,3-6H2,1-2H3,(H2,10,14)(H,11,12). The lowest BCUT2D eigenvalue weighted by atomic mass is 10.1. The Morgan fingerprint density at radius 3 is 2.79 bits per heavy atom. The third-order valence-electron chi connectivity index (χ3n) is 1.68. The zero-order valence-electron chi connectivity index (χ0n) is 8.71. The zero-order chi connectivity index (χ0) is 11.0. The largest absolute Gasteiger partial charge is 0.393 e. The minimum absolute atomic E-state index is 0.0193. The van der Waals surface area contributed by atoms with E-state index in [-0.39, 0.29) is 11.8 Å². The first kappa shape index (κ1) is 13.3. The van der Waals surface area contributed by atoms with Gasteiger partial charge in [-0.1, -0.05) is 19.1 Å². The van der Waals surface area contributed by atoms with Crippen molar-refractivity contribution in [1.82, 2.24) is 5.32 Å². The van der Waals surface area contributed by atoms with E-state index in [1.807, 2.05) is 6.92 Å². The zero-order valence-corrected chi connectivity index (χ0v) is 9.52. The van der Waals surface area contributed by atoms with Gasteiger partial charge in [-0.2, -0.15) is 0 Å². The van der Waals surface area contributed by atoms with E-state index in [1.165, 1.54) is 0 Å². The highest BCUT2D eigenvalue weighted by Gasteiger charge is 2.07. The Morgan fingerprint density at radius 1 is 1.64 bits per heavy atom. The first-order chi connectivity index (χ1) is 6.56. The van der Waals surface area contributed by atoms with Gasteiger partial charge in [-0.25, -0.2) is 0 Å². The summed E-state index contributed by atoms with van der Waals surface area (Å²) in [6, 6.07) is 0. The van der Waals surface area contributed by atoms with Gasteiger partial charge < -0.3 is 15.8 Å². The topological polar surface area (TPSA) is 64.3 Å². The first-order valence-corrected chi connectivity index (χ1v) is 5.01. The molecule has 0 aliphatic heterocycles. The van der Waals surface area contributed by atoms with E-state index in [9.17, 15) is 4.79 Å². The molecule has 0 spiro atoms. The summed E-state index contributed by atoms with van der Waals surface area (Å²) in [6.45, 7) is 3.09. The minimum atomic E-state index is 0.0193. The third-order valence-corrected chi connectivity index (χ3v) is 1.88. The second kappa shape index (κ2) is 7.70. The second-order valence-corrected chi connectivity index (χ2v) is 3.86. The van der Waals surface area contributed by atoms with Crippen LogP contribution in [0.1, 0.15) is 19.8 Å². The molecule has 82 valence electrons. The van der Waals surface area contributed by atoms with Crippen LogP contribution in [0, 0.1) is 5.92 Å². The summed E-state index contributed by atoms with van der Waals surface area (Å²) in [6.07, 6.45) is 1.03. The molecule has 0 heterocycles. The van der Waals surface area contributed by atoms with Crippen LogP contribution in [0.4, 0.5) is 0 Å². The monoisotopic (exact) mass is 218 g/mol. The van der Waals surface area contributed by atoms with E-state index in [0.29, 0.717) is 31.0 Å². The highest BCUT2D eigenvalue weighted by atomic mass is 32.1. The number of rotatable bonds is 7. The van der Waals surface area contributed by atoms with Crippen molar-refractivity contribution in [2.45, 2.75) is 19.8 Å². The number of nitrogens with one attached hydrogen (secondary N) is 1. The molecule has 5 heteroatoms. The molecule has 0 aromatic carbocycles.